The fraction of sp³-hybridized carbons (Fsp3) is 0.793. The van der Waals surface area contributed by atoms with E-state index in [1.54, 1.807) is 11.1 Å². The van der Waals surface area contributed by atoms with Crippen LogP contribution in [0.4, 0.5) is 0 Å². The molecule has 0 amide bonds. The van der Waals surface area contributed by atoms with E-state index in [-0.39, 0.29) is 5.54 Å². The van der Waals surface area contributed by atoms with Crippen molar-refractivity contribution in [3.05, 3.63) is 35.4 Å². The van der Waals surface area contributed by atoms with Gasteiger partial charge in [0.1, 0.15) is 0 Å². The Morgan fingerprint density at radius 3 is 2.24 bits per heavy atom. The van der Waals surface area contributed by atoms with Crippen LogP contribution in [0.15, 0.2) is 24.3 Å². The van der Waals surface area contributed by atoms with E-state index in [9.17, 15) is 0 Å². The highest BCUT2D eigenvalue weighted by Gasteiger charge is 2.38. The summed E-state index contributed by atoms with van der Waals surface area (Å²) < 4.78 is 6.45. The summed E-state index contributed by atoms with van der Waals surface area (Å²) in [6.45, 7) is 23.3. The van der Waals surface area contributed by atoms with Crippen LogP contribution in [0, 0.1) is 0 Å². The second-order valence-corrected chi connectivity index (χ2v) is 11.7. The lowest BCUT2D eigenvalue weighted by Crippen LogP contribution is -2.54. The first-order valence-electron chi connectivity index (χ1n) is 14.0. The summed E-state index contributed by atoms with van der Waals surface area (Å²) in [4.78, 5) is 10.8. The maximum absolute atomic E-state index is 6.45. The van der Waals surface area contributed by atoms with Gasteiger partial charge in [0.25, 0.3) is 0 Å². The Kier molecular flexibility index (Phi) is 9.08. The van der Waals surface area contributed by atoms with Gasteiger partial charge in [-0.2, -0.15) is 0 Å². The van der Waals surface area contributed by atoms with Gasteiger partial charge in [0.15, 0.2) is 0 Å². The second-order valence-electron chi connectivity index (χ2n) is 11.7. The summed E-state index contributed by atoms with van der Waals surface area (Å²) in [6, 6.07) is 10.3. The highest BCUT2D eigenvalue weighted by Crippen LogP contribution is 2.28. The van der Waals surface area contributed by atoms with Crippen molar-refractivity contribution in [3.8, 4) is 0 Å². The minimum atomic E-state index is 0.0885. The lowest BCUT2D eigenvalue weighted by molar-refractivity contribution is -0.0515. The molecule has 2 unspecified atom stereocenters. The molecule has 0 N–H and O–H groups in total. The van der Waals surface area contributed by atoms with Crippen molar-refractivity contribution in [2.24, 2.45) is 0 Å². The van der Waals surface area contributed by atoms with Crippen molar-refractivity contribution in [2.75, 3.05) is 65.5 Å². The third kappa shape index (κ3) is 6.41. The summed E-state index contributed by atoms with van der Waals surface area (Å²) in [7, 11) is 0. The molecule has 34 heavy (non-hydrogen) atoms. The van der Waals surface area contributed by atoms with Gasteiger partial charge in [-0.05, 0) is 78.0 Å². The van der Waals surface area contributed by atoms with E-state index in [4.69, 9.17) is 4.74 Å². The van der Waals surface area contributed by atoms with Gasteiger partial charge in [-0.25, -0.2) is 0 Å². The standard InChI is InChI=1S/C29H50N4O/c1-24(2)31-18-13-28(34-22-21-31)29(4,5)33-15-8-14-30(19-20-33)23-25(3)32-16-11-26-9-6-7-10-27(26)12-17-32/h6-7,9-10,24-25,28H,8,11-23H2,1-5H3. The van der Waals surface area contributed by atoms with Gasteiger partial charge in [0.2, 0.25) is 0 Å². The predicted molar refractivity (Wildman–Crippen MR) is 143 cm³/mol. The van der Waals surface area contributed by atoms with E-state index >= 15 is 0 Å². The van der Waals surface area contributed by atoms with E-state index < -0.39 is 0 Å². The lowest BCUT2D eigenvalue weighted by Gasteiger charge is -2.43. The predicted octanol–water partition coefficient (Wildman–Crippen LogP) is 3.76. The molecule has 0 bridgehead atoms. The van der Waals surface area contributed by atoms with Crippen LogP contribution < -0.4 is 0 Å². The van der Waals surface area contributed by atoms with Crippen LogP contribution in [0.1, 0.15) is 58.6 Å². The molecule has 2 saturated heterocycles. The van der Waals surface area contributed by atoms with E-state index in [1.165, 1.54) is 58.5 Å². The molecule has 192 valence electrons. The first-order valence-corrected chi connectivity index (χ1v) is 14.0. The first-order chi connectivity index (χ1) is 16.3. The number of fused-ring (bicyclic) bond motifs is 1. The van der Waals surface area contributed by atoms with Crippen LogP contribution in [0.3, 0.4) is 0 Å². The zero-order valence-corrected chi connectivity index (χ0v) is 22.6. The van der Waals surface area contributed by atoms with Crippen LogP contribution in [0.2, 0.25) is 0 Å². The average molecular weight is 471 g/mol. The number of benzene rings is 1. The van der Waals surface area contributed by atoms with E-state index in [0.717, 1.165) is 32.7 Å². The Bertz CT molecular complexity index is 739. The topological polar surface area (TPSA) is 22.2 Å². The molecule has 2 atom stereocenters. The minimum Gasteiger partial charge on any atom is -0.375 e. The number of hydrogen-bond donors (Lipinski definition) is 0. The Morgan fingerprint density at radius 2 is 1.56 bits per heavy atom. The van der Waals surface area contributed by atoms with Gasteiger partial charge in [0.05, 0.1) is 12.7 Å². The van der Waals surface area contributed by atoms with E-state index in [2.05, 4.69) is 78.5 Å². The quantitative estimate of drug-likeness (QED) is 0.630. The van der Waals surface area contributed by atoms with Gasteiger partial charge in [-0.15, -0.1) is 0 Å². The Balaban J connectivity index is 1.28. The largest absolute Gasteiger partial charge is 0.375 e. The normalized spacial score (nSPS) is 26.0. The molecule has 0 spiro atoms. The number of ether oxygens (including phenoxy) is 1. The molecule has 5 heteroatoms. The third-order valence-corrected chi connectivity index (χ3v) is 8.90. The maximum atomic E-state index is 6.45. The van der Waals surface area contributed by atoms with Crippen molar-refractivity contribution < 1.29 is 4.74 Å². The van der Waals surface area contributed by atoms with E-state index in [0.29, 0.717) is 18.2 Å². The SMILES string of the molecule is CC(C)N1CCOC(C(C)(C)N2CCCN(CC(C)N3CCc4ccccc4CC3)CC2)CC1. The van der Waals surface area contributed by atoms with Crippen LogP contribution >= 0.6 is 0 Å². The Hall–Kier alpha value is -0.980. The molecule has 2 fully saturated rings. The van der Waals surface area contributed by atoms with Crippen molar-refractivity contribution in [3.63, 3.8) is 0 Å². The first kappa shape index (κ1) is 26.1. The number of nitrogens with zero attached hydrogens (tertiary/aromatic N) is 4. The molecule has 0 saturated carbocycles. The third-order valence-electron chi connectivity index (χ3n) is 8.90. The molecule has 1 aromatic rings. The molecule has 1 aromatic carbocycles. The van der Waals surface area contributed by atoms with Gasteiger partial charge in [-0.1, -0.05) is 24.3 Å². The fourth-order valence-corrected chi connectivity index (χ4v) is 6.41. The van der Waals surface area contributed by atoms with Gasteiger partial charge in [-0.3, -0.25) is 14.7 Å². The van der Waals surface area contributed by atoms with Gasteiger partial charge in [0, 0.05) is 70.0 Å². The molecule has 4 rings (SSSR count). The van der Waals surface area contributed by atoms with Gasteiger partial charge >= 0.3 is 0 Å². The molecular weight excluding hydrogens is 420 g/mol. The summed E-state index contributed by atoms with van der Waals surface area (Å²) in [5.74, 6) is 0. The lowest BCUT2D eigenvalue weighted by atomic mass is 9.91. The van der Waals surface area contributed by atoms with Crippen LogP contribution in [-0.2, 0) is 17.6 Å². The van der Waals surface area contributed by atoms with Crippen molar-refractivity contribution >= 4 is 0 Å². The molecule has 0 aromatic heterocycles. The zero-order chi connectivity index (χ0) is 24.1. The molecule has 5 nitrogen and oxygen atoms in total. The maximum Gasteiger partial charge on any atom is 0.0766 e. The Morgan fingerprint density at radius 1 is 0.853 bits per heavy atom. The van der Waals surface area contributed by atoms with Crippen LogP contribution in [0.25, 0.3) is 0 Å². The van der Waals surface area contributed by atoms with Crippen molar-refractivity contribution in [1.82, 2.24) is 19.6 Å². The van der Waals surface area contributed by atoms with E-state index in [1.807, 2.05) is 0 Å². The number of rotatable bonds is 6. The highest BCUT2D eigenvalue weighted by atomic mass is 16.5. The molecule has 3 aliphatic heterocycles. The summed E-state index contributed by atoms with van der Waals surface area (Å²) in [5.41, 5.74) is 3.20. The summed E-state index contributed by atoms with van der Waals surface area (Å²) >= 11 is 0. The monoisotopic (exact) mass is 470 g/mol. The smallest absolute Gasteiger partial charge is 0.0766 e. The number of hydrogen-bond acceptors (Lipinski definition) is 5. The summed E-state index contributed by atoms with van der Waals surface area (Å²) in [6.07, 6.45) is 5.10. The fourth-order valence-electron chi connectivity index (χ4n) is 6.41. The van der Waals surface area contributed by atoms with Crippen molar-refractivity contribution in [1.29, 1.82) is 0 Å². The average Bonchev–Trinajstić information content (AvgIpc) is 3.30. The van der Waals surface area contributed by atoms with Crippen LogP contribution in [-0.4, -0.2) is 109 Å². The van der Waals surface area contributed by atoms with Crippen molar-refractivity contribution in [2.45, 2.75) is 84.0 Å². The van der Waals surface area contributed by atoms with Crippen LogP contribution in [0.5, 0.6) is 0 Å². The molecule has 0 radical (unpaired) electrons. The molecular formula is C29H50N4O. The molecule has 3 aliphatic rings. The zero-order valence-electron chi connectivity index (χ0n) is 22.6. The Labute approximate surface area is 209 Å². The molecule has 3 heterocycles. The van der Waals surface area contributed by atoms with Gasteiger partial charge < -0.3 is 9.64 Å². The summed E-state index contributed by atoms with van der Waals surface area (Å²) in [5, 5.41) is 0. The second kappa shape index (κ2) is 11.8. The molecule has 0 aliphatic carbocycles. The highest BCUT2D eigenvalue weighted by molar-refractivity contribution is 5.28. The minimum absolute atomic E-state index is 0.0885.